The number of hydrogen-bond donors (Lipinski definition) is 0. The number of benzene rings is 1. The Morgan fingerprint density at radius 1 is 1.21 bits per heavy atom. The van der Waals surface area contributed by atoms with Crippen LogP contribution in [0.25, 0.3) is 0 Å². The van der Waals surface area contributed by atoms with E-state index in [0.29, 0.717) is 6.04 Å². The lowest BCUT2D eigenvalue weighted by Gasteiger charge is -2.42. The van der Waals surface area contributed by atoms with Gasteiger partial charge in [0.1, 0.15) is 5.75 Å². The van der Waals surface area contributed by atoms with Crippen LogP contribution in [0.1, 0.15) is 61.8 Å². The summed E-state index contributed by atoms with van der Waals surface area (Å²) < 4.78 is 5.51. The van der Waals surface area contributed by atoms with Gasteiger partial charge in [-0.25, -0.2) is 0 Å². The van der Waals surface area contributed by atoms with Crippen molar-refractivity contribution in [3.05, 3.63) is 28.8 Å². The molecule has 1 aliphatic carbocycles. The first-order chi connectivity index (χ1) is 9.10. The summed E-state index contributed by atoms with van der Waals surface area (Å²) in [4.78, 5) is 2.61. The fourth-order valence-electron chi connectivity index (χ4n) is 4.34. The van der Waals surface area contributed by atoms with Crippen LogP contribution in [0.2, 0.25) is 0 Å². The van der Waals surface area contributed by atoms with Crippen molar-refractivity contribution in [1.29, 1.82) is 0 Å². The first kappa shape index (κ1) is 13.0. The average Bonchev–Trinajstić information content (AvgIpc) is 2.63. The average molecular weight is 259 g/mol. The molecule has 1 saturated carbocycles. The minimum atomic E-state index is 0.270. The third kappa shape index (κ3) is 1.73. The van der Waals surface area contributed by atoms with Crippen molar-refractivity contribution in [2.75, 3.05) is 14.2 Å². The van der Waals surface area contributed by atoms with E-state index in [2.05, 4.69) is 37.9 Å². The SMILES string of the molecule is COc1cc(C)c2c(c1)C1(CCCCC1)N(C)C2C. The Kier molecular flexibility index (Phi) is 3.09. The van der Waals surface area contributed by atoms with E-state index in [1.807, 2.05) is 0 Å². The third-order valence-corrected chi connectivity index (χ3v) is 5.45. The zero-order valence-corrected chi connectivity index (χ0v) is 12.6. The van der Waals surface area contributed by atoms with Crippen LogP contribution >= 0.6 is 0 Å². The van der Waals surface area contributed by atoms with E-state index in [9.17, 15) is 0 Å². The van der Waals surface area contributed by atoms with Crippen molar-refractivity contribution in [1.82, 2.24) is 4.90 Å². The maximum atomic E-state index is 5.51. The van der Waals surface area contributed by atoms with Crippen molar-refractivity contribution in [2.45, 2.75) is 57.5 Å². The number of hydrogen-bond acceptors (Lipinski definition) is 2. The van der Waals surface area contributed by atoms with Crippen molar-refractivity contribution in [3.8, 4) is 5.75 Å². The van der Waals surface area contributed by atoms with Crippen LogP contribution < -0.4 is 4.74 Å². The number of rotatable bonds is 1. The smallest absolute Gasteiger partial charge is 0.119 e. The molecule has 0 amide bonds. The highest BCUT2D eigenvalue weighted by atomic mass is 16.5. The van der Waals surface area contributed by atoms with Gasteiger partial charge in [0, 0.05) is 11.6 Å². The van der Waals surface area contributed by atoms with Gasteiger partial charge in [-0.2, -0.15) is 0 Å². The van der Waals surface area contributed by atoms with Gasteiger partial charge in [0.2, 0.25) is 0 Å². The Hall–Kier alpha value is -1.02. The molecule has 1 aromatic carbocycles. The summed E-state index contributed by atoms with van der Waals surface area (Å²) in [5, 5.41) is 0. The predicted molar refractivity (Wildman–Crippen MR) is 78.7 cm³/mol. The molecule has 1 aliphatic heterocycles. The molecule has 104 valence electrons. The standard InChI is InChI=1S/C17H25NO/c1-12-10-14(19-4)11-15-16(12)13(2)18(3)17(15)8-6-5-7-9-17/h10-11,13H,5-9H2,1-4H3. The monoisotopic (exact) mass is 259 g/mol. The quantitative estimate of drug-likeness (QED) is 0.750. The van der Waals surface area contributed by atoms with Gasteiger partial charge in [-0.05, 0) is 62.6 Å². The molecule has 1 atom stereocenters. The van der Waals surface area contributed by atoms with Gasteiger partial charge in [-0.1, -0.05) is 19.3 Å². The normalized spacial score (nSPS) is 25.6. The minimum Gasteiger partial charge on any atom is -0.497 e. The van der Waals surface area contributed by atoms with Gasteiger partial charge < -0.3 is 4.74 Å². The maximum Gasteiger partial charge on any atom is 0.119 e. The zero-order chi connectivity index (χ0) is 13.6. The number of fused-ring (bicyclic) bond motifs is 2. The van der Waals surface area contributed by atoms with Crippen LogP contribution in [-0.4, -0.2) is 19.1 Å². The second-order valence-electron chi connectivity index (χ2n) is 6.28. The van der Waals surface area contributed by atoms with E-state index in [1.165, 1.54) is 37.7 Å². The molecular weight excluding hydrogens is 234 g/mol. The fraction of sp³-hybridized carbons (Fsp3) is 0.647. The Bertz CT molecular complexity index is 488. The molecule has 1 heterocycles. The number of ether oxygens (including phenoxy) is 1. The highest BCUT2D eigenvalue weighted by Gasteiger charge is 2.47. The molecule has 2 aliphatic rings. The summed E-state index contributed by atoms with van der Waals surface area (Å²) in [6, 6.07) is 5.01. The highest BCUT2D eigenvalue weighted by Crippen LogP contribution is 2.54. The van der Waals surface area contributed by atoms with Gasteiger partial charge >= 0.3 is 0 Å². The van der Waals surface area contributed by atoms with Crippen LogP contribution in [0.5, 0.6) is 5.75 Å². The second-order valence-corrected chi connectivity index (χ2v) is 6.28. The first-order valence-electron chi connectivity index (χ1n) is 7.52. The Morgan fingerprint density at radius 3 is 2.53 bits per heavy atom. The summed E-state index contributed by atoms with van der Waals surface area (Å²) in [7, 11) is 4.08. The Balaban J connectivity index is 2.18. The molecule has 0 saturated heterocycles. The third-order valence-electron chi connectivity index (χ3n) is 5.45. The summed E-state index contributed by atoms with van der Waals surface area (Å²) >= 11 is 0. The molecule has 2 heteroatoms. The highest BCUT2D eigenvalue weighted by molar-refractivity contribution is 5.50. The summed E-state index contributed by atoms with van der Waals surface area (Å²) in [6.07, 6.45) is 6.70. The van der Waals surface area contributed by atoms with Gasteiger partial charge in [0.25, 0.3) is 0 Å². The number of methoxy groups -OCH3 is 1. The lowest BCUT2D eigenvalue weighted by molar-refractivity contribution is 0.0648. The van der Waals surface area contributed by atoms with Crippen LogP contribution in [0, 0.1) is 6.92 Å². The van der Waals surface area contributed by atoms with Gasteiger partial charge in [0.15, 0.2) is 0 Å². The van der Waals surface area contributed by atoms with Gasteiger partial charge in [0.05, 0.1) is 7.11 Å². The van der Waals surface area contributed by atoms with Crippen molar-refractivity contribution in [2.24, 2.45) is 0 Å². The van der Waals surface area contributed by atoms with Gasteiger partial charge in [-0.3, -0.25) is 4.90 Å². The fourth-order valence-corrected chi connectivity index (χ4v) is 4.34. The summed E-state index contributed by atoms with van der Waals surface area (Å²) in [6.45, 7) is 4.58. The minimum absolute atomic E-state index is 0.270. The van der Waals surface area contributed by atoms with E-state index in [1.54, 1.807) is 18.2 Å². The largest absolute Gasteiger partial charge is 0.497 e. The van der Waals surface area contributed by atoms with E-state index >= 15 is 0 Å². The summed E-state index contributed by atoms with van der Waals surface area (Å²) in [5.74, 6) is 1.02. The Morgan fingerprint density at radius 2 is 1.89 bits per heavy atom. The van der Waals surface area contributed by atoms with Crippen LogP contribution in [-0.2, 0) is 5.54 Å². The van der Waals surface area contributed by atoms with E-state index in [0.717, 1.165) is 5.75 Å². The summed E-state index contributed by atoms with van der Waals surface area (Å²) in [5.41, 5.74) is 4.74. The van der Waals surface area contributed by atoms with E-state index in [4.69, 9.17) is 4.74 Å². The molecule has 0 radical (unpaired) electrons. The van der Waals surface area contributed by atoms with E-state index in [-0.39, 0.29) is 5.54 Å². The van der Waals surface area contributed by atoms with Crippen LogP contribution in [0.3, 0.4) is 0 Å². The molecule has 0 N–H and O–H groups in total. The topological polar surface area (TPSA) is 12.5 Å². The number of nitrogens with zero attached hydrogens (tertiary/aromatic N) is 1. The molecule has 0 aromatic heterocycles. The number of aryl methyl sites for hydroxylation is 1. The molecule has 19 heavy (non-hydrogen) atoms. The van der Waals surface area contributed by atoms with Gasteiger partial charge in [-0.15, -0.1) is 0 Å². The molecule has 1 aromatic rings. The van der Waals surface area contributed by atoms with Crippen LogP contribution in [0.15, 0.2) is 12.1 Å². The second kappa shape index (κ2) is 4.52. The predicted octanol–water partition coefficient (Wildman–Crippen LogP) is 4.17. The van der Waals surface area contributed by atoms with E-state index < -0.39 is 0 Å². The molecule has 1 unspecified atom stereocenters. The molecule has 1 spiro atoms. The zero-order valence-electron chi connectivity index (χ0n) is 12.6. The molecule has 3 rings (SSSR count). The first-order valence-corrected chi connectivity index (χ1v) is 7.52. The molecular formula is C17H25NO. The van der Waals surface area contributed by atoms with Crippen LogP contribution in [0.4, 0.5) is 0 Å². The van der Waals surface area contributed by atoms with Crippen molar-refractivity contribution < 1.29 is 4.74 Å². The Labute approximate surface area is 116 Å². The molecule has 1 fully saturated rings. The molecule has 0 bridgehead atoms. The lowest BCUT2D eigenvalue weighted by Crippen LogP contribution is -2.41. The van der Waals surface area contributed by atoms with Crippen molar-refractivity contribution in [3.63, 3.8) is 0 Å². The maximum absolute atomic E-state index is 5.51. The molecule has 2 nitrogen and oxygen atoms in total. The van der Waals surface area contributed by atoms with Crippen molar-refractivity contribution >= 4 is 0 Å². The lowest BCUT2D eigenvalue weighted by atomic mass is 9.76.